The second kappa shape index (κ2) is 9.01. The van der Waals surface area contributed by atoms with Crippen LogP contribution in [0.2, 0.25) is 0 Å². The summed E-state index contributed by atoms with van der Waals surface area (Å²) in [5, 5.41) is 5.89. The molecule has 1 amide bonds. The fraction of sp³-hybridized carbons (Fsp3) is 0.400. The van der Waals surface area contributed by atoms with Gasteiger partial charge in [-0.25, -0.2) is 0 Å². The minimum Gasteiger partial charge on any atom is -0.495 e. The van der Waals surface area contributed by atoms with E-state index in [0.717, 1.165) is 25.8 Å². The fourth-order valence-electron chi connectivity index (χ4n) is 1.62. The van der Waals surface area contributed by atoms with Gasteiger partial charge in [0.1, 0.15) is 5.75 Å². The number of benzene rings is 1. The number of methoxy groups -OCH3 is 1. The van der Waals surface area contributed by atoms with Crippen LogP contribution in [0, 0.1) is 12.3 Å². The highest BCUT2D eigenvalue weighted by molar-refractivity contribution is 5.93. The predicted molar refractivity (Wildman–Crippen MR) is 77.2 cm³/mol. The number of nitrogens with one attached hydrogen (secondary N) is 2. The monoisotopic (exact) mass is 260 g/mol. The van der Waals surface area contributed by atoms with Crippen molar-refractivity contribution in [3.63, 3.8) is 0 Å². The number of hydrogen-bond acceptors (Lipinski definition) is 3. The molecule has 1 aromatic rings. The molecule has 102 valence electrons. The lowest BCUT2D eigenvalue weighted by molar-refractivity contribution is -0.115. The van der Waals surface area contributed by atoms with Crippen LogP contribution in [0.15, 0.2) is 24.3 Å². The Morgan fingerprint density at radius 2 is 2.16 bits per heavy atom. The Morgan fingerprint density at radius 3 is 2.89 bits per heavy atom. The van der Waals surface area contributed by atoms with Crippen molar-refractivity contribution in [3.05, 3.63) is 24.3 Å². The van der Waals surface area contributed by atoms with E-state index >= 15 is 0 Å². The minimum atomic E-state index is -0.0820. The molecule has 1 rings (SSSR count). The molecule has 4 heteroatoms. The zero-order valence-electron chi connectivity index (χ0n) is 11.2. The molecule has 2 N–H and O–H groups in total. The van der Waals surface area contributed by atoms with Crippen LogP contribution in [0.4, 0.5) is 5.69 Å². The Bertz CT molecular complexity index is 438. The van der Waals surface area contributed by atoms with Crippen LogP contribution in [-0.2, 0) is 4.79 Å². The lowest BCUT2D eigenvalue weighted by atomic mass is 10.2. The summed E-state index contributed by atoms with van der Waals surface area (Å²) in [5.41, 5.74) is 0.684. The van der Waals surface area contributed by atoms with E-state index in [-0.39, 0.29) is 12.5 Å². The molecular weight excluding hydrogens is 240 g/mol. The fourth-order valence-corrected chi connectivity index (χ4v) is 1.62. The van der Waals surface area contributed by atoms with Crippen molar-refractivity contribution in [2.24, 2.45) is 0 Å². The summed E-state index contributed by atoms with van der Waals surface area (Å²) in [6.07, 6.45) is 7.91. The van der Waals surface area contributed by atoms with Crippen molar-refractivity contribution in [1.82, 2.24) is 5.32 Å². The van der Waals surface area contributed by atoms with Gasteiger partial charge in [-0.3, -0.25) is 4.79 Å². The van der Waals surface area contributed by atoms with Gasteiger partial charge in [0, 0.05) is 6.42 Å². The highest BCUT2D eigenvalue weighted by Gasteiger charge is 2.05. The second-order valence-corrected chi connectivity index (χ2v) is 4.09. The molecule has 0 aromatic heterocycles. The summed E-state index contributed by atoms with van der Waals surface area (Å²) in [7, 11) is 1.58. The van der Waals surface area contributed by atoms with Crippen LogP contribution in [0.5, 0.6) is 5.75 Å². The lowest BCUT2D eigenvalue weighted by Crippen LogP contribution is -2.28. The summed E-state index contributed by atoms with van der Waals surface area (Å²) in [6.45, 7) is 1.08. The number of carbonyl (C=O) groups is 1. The van der Waals surface area contributed by atoms with Gasteiger partial charge in [0.2, 0.25) is 5.91 Å². The molecule has 1 aromatic carbocycles. The van der Waals surface area contributed by atoms with Crippen molar-refractivity contribution in [3.8, 4) is 18.1 Å². The van der Waals surface area contributed by atoms with Gasteiger partial charge in [0.15, 0.2) is 0 Å². The quantitative estimate of drug-likeness (QED) is 0.555. The SMILES string of the molecule is C#CCCCCNCC(=O)Nc1ccccc1OC. The molecule has 0 radical (unpaired) electrons. The average Bonchev–Trinajstić information content (AvgIpc) is 2.43. The largest absolute Gasteiger partial charge is 0.495 e. The van der Waals surface area contributed by atoms with Crippen LogP contribution in [0.1, 0.15) is 19.3 Å². The van der Waals surface area contributed by atoms with Gasteiger partial charge in [0.25, 0.3) is 0 Å². The molecule has 4 nitrogen and oxygen atoms in total. The number of carbonyl (C=O) groups excluding carboxylic acids is 1. The highest BCUT2D eigenvalue weighted by Crippen LogP contribution is 2.22. The third kappa shape index (κ3) is 5.94. The molecular formula is C15H20N2O2. The maximum atomic E-state index is 11.7. The van der Waals surface area contributed by atoms with Gasteiger partial charge in [0.05, 0.1) is 19.3 Å². The van der Waals surface area contributed by atoms with Crippen LogP contribution in [0.25, 0.3) is 0 Å². The van der Waals surface area contributed by atoms with E-state index < -0.39 is 0 Å². The average molecular weight is 260 g/mol. The first-order chi connectivity index (χ1) is 9.27. The number of amides is 1. The first-order valence-corrected chi connectivity index (χ1v) is 6.35. The van der Waals surface area contributed by atoms with E-state index in [2.05, 4.69) is 16.6 Å². The number of unbranched alkanes of at least 4 members (excludes halogenated alkanes) is 2. The Balaban J connectivity index is 2.26. The van der Waals surface area contributed by atoms with Gasteiger partial charge < -0.3 is 15.4 Å². The molecule has 0 saturated heterocycles. The first-order valence-electron chi connectivity index (χ1n) is 6.35. The standard InChI is InChI=1S/C15H20N2O2/c1-3-4-5-8-11-16-12-15(18)17-13-9-6-7-10-14(13)19-2/h1,6-7,9-10,16H,4-5,8,11-12H2,2H3,(H,17,18). The van der Waals surface area contributed by atoms with Crippen LogP contribution in [-0.4, -0.2) is 26.1 Å². The third-order valence-electron chi connectivity index (χ3n) is 2.59. The minimum absolute atomic E-state index is 0.0820. The Morgan fingerprint density at radius 1 is 1.37 bits per heavy atom. The maximum absolute atomic E-state index is 11.7. The number of ether oxygens (including phenoxy) is 1. The molecule has 0 aliphatic heterocycles. The van der Waals surface area contributed by atoms with Crippen molar-refractivity contribution in [2.75, 3.05) is 25.5 Å². The summed E-state index contributed by atoms with van der Waals surface area (Å²) >= 11 is 0. The molecule has 0 aliphatic rings. The lowest BCUT2D eigenvalue weighted by Gasteiger charge is -2.10. The first kappa shape index (κ1) is 15.1. The molecule has 0 unspecified atom stereocenters. The summed E-state index contributed by atoms with van der Waals surface area (Å²) in [6, 6.07) is 7.33. The third-order valence-corrected chi connectivity index (χ3v) is 2.59. The molecule has 0 aliphatic carbocycles. The summed E-state index contributed by atoms with van der Waals surface area (Å²) in [4.78, 5) is 11.7. The molecule has 19 heavy (non-hydrogen) atoms. The maximum Gasteiger partial charge on any atom is 0.238 e. The Kier molecular flexibility index (Phi) is 7.14. The van der Waals surface area contributed by atoms with Crippen molar-refractivity contribution in [2.45, 2.75) is 19.3 Å². The second-order valence-electron chi connectivity index (χ2n) is 4.09. The molecule has 0 atom stereocenters. The van der Waals surface area contributed by atoms with E-state index in [4.69, 9.17) is 11.2 Å². The smallest absolute Gasteiger partial charge is 0.238 e. The zero-order valence-corrected chi connectivity index (χ0v) is 11.2. The van der Waals surface area contributed by atoms with E-state index in [9.17, 15) is 4.79 Å². The zero-order chi connectivity index (χ0) is 13.9. The van der Waals surface area contributed by atoms with Gasteiger partial charge in [-0.1, -0.05) is 12.1 Å². The van der Waals surface area contributed by atoms with E-state index in [1.54, 1.807) is 7.11 Å². The van der Waals surface area contributed by atoms with E-state index in [0.29, 0.717) is 11.4 Å². The van der Waals surface area contributed by atoms with Crippen molar-refractivity contribution < 1.29 is 9.53 Å². The molecule has 0 bridgehead atoms. The number of terminal acetylenes is 1. The van der Waals surface area contributed by atoms with Crippen molar-refractivity contribution in [1.29, 1.82) is 0 Å². The van der Waals surface area contributed by atoms with Crippen LogP contribution >= 0.6 is 0 Å². The number of anilines is 1. The molecule has 0 saturated carbocycles. The van der Waals surface area contributed by atoms with E-state index in [1.165, 1.54) is 0 Å². The summed E-state index contributed by atoms with van der Waals surface area (Å²) in [5.74, 6) is 3.17. The Labute approximate surface area is 114 Å². The number of rotatable bonds is 8. The number of hydrogen-bond donors (Lipinski definition) is 2. The van der Waals surface area contributed by atoms with E-state index in [1.807, 2.05) is 24.3 Å². The molecule has 0 spiro atoms. The van der Waals surface area contributed by atoms with Crippen LogP contribution < -0.4 is 15.4 Å². The van der Waals surface area contributed by atoms with Gasteiger partial charge in [-0.2, -0.15) is 0 Å². The molecule has 0 fully saturated rings. The van der Waals surface area contributed by atoms with Crippen LogP contribution in [0.3, 0.4) is 0 Å². The van der Waals surface area contributed by atoms with Gasteiger partial charge >= 0.3 is 0 Å². The summed E-state index contributed by atoms with van der Waals surface area (Å²) < 4.78 is 5.16. The topological polar surface area (TPSA) is 50.4 Å². The van der Waals surface area contributed by atoms with Gasteiger partial charge in [-0.05, 0) is 31.5 Å². The normalized spacial score (nSPS) is 9.68. The highest BCUT2D eigenvalue weighted by atomic mass is 16.5. The molecule has 0 heterocycles. The number of para-hydroxylation sites is 2. The van der Waals surface area contributed by atoms with Gasteiger partial charge in [-0.15, -0.1) is 12.3 Å². The Hall–Kier alpha value is -1.99. The van der Waals surface area contributed by atoms with Crippen molar-refractivity contribution >= 4 is 11.6 Å². The predicted octanol–water partition coefficient (Wildman–Crippen LogP) is 2.03.